The van der Waals surface area contributed by atoms with Gasteiger partial charge in [0, 0.05) is 36.5 Å². The van der Waals surface area contributed by atoms with Crippen LogP contribution in [0.4, 0.5) is 4.39 Å². The van der Waals surface area contributed by atoms with Gasteiger partial charge in [-0.2, -0.15) is 0 Å². The smallest absolute Gasteiger partial charge is 0.213 e. The zero-order valence-electron chi connectivity index (χ0n) is 17.1. The molecule has 3 aromatic carbocycles. The van der Waals surface area contributed by atoms with Crippen LogP contribution < -0.4 is 4.74 Å². The number of hydrogen-bond acceptors (Lipinski definition) is 3. The van der Waals surface area contributed by atoms with Gasteiger partial charge in [-0.15, -0.1) is 0 Å². The fourth-order valence-corrected chi connectivity index (χ4v) is 4.12. The van der Waals surface area contributed by atoms with Crippen molar-refractivity contribution in [3.63, 3.8) is 0 Å². The standard InChI is InChI=1S/C27H23FN2O/c28-25-14-8-7-13-24(25)22-15-16-26(29-17-22)31-23-18-30(19-23)27(20-9-3-1-4-10-20)21-11-5-2-6-12-21/h1-17,23,27H,18-19H2. The normalized spacial score (nSPS) is 14.4. The highest BCUT2D eigenvalue weighted by atomic mass is 19.1. The Bertz CT molecular complexity index is 1090. The first-order valence-electron chi connectivity index (χ1n) is 10.5. The van der Waals surface area contributed by atoms with E-state index in [4.69, 9.17) is 4.74 Å². The molecule has 4 heteroatoms. The fraction of sp³-hybridized carbons (Fsp3) is 0.148. The van der Waals surface area contributed by atoms with E-state index in [-0.39, 0.29) is 18.0 Å². The summed E-state index contributed by atoms with van der Waals surface area (Å²) in [5, 5.41) is 0. The van der Waals surface area contributed by atoms with E-state index in [1.807, 2.05) is 30.3 Å². The monoisotopic (exact) mass is 410 g/mol. The predicted octanol–water partition coefficient (Wildman–Crippen LogP) is 5.74. The van der Waals surface area contributed by atoms with Crippen molar-refractivity contribution in [2.75, 3.05) is 13.1 Å². The molecule has 1 aliphatic rings. The fourth-order valence-electron chi connectivity index (χ4n) is 4.12. The van der Waals surface area contributed by atoms with Crippen LogP contribution in [-0.4, -0.2) is 29.1 Å². The topological polar surface area (TPSA) is 25.4 Å². The second-order valence-electron chi connectivity index (χ2n) is 7.78. The van der Waals surface area contributed by atoms with Gasteiger partial charge in [-0.05, 0) is 23.3 Å². The molecule has 154 valence electrons. The van der Waals surface area contributed by atoms with Crippen LogP contribution in [0.3, 0.4) is 0 Å². The Morgan fingerprint density at radius 3 is 1.97 bits per heavy atom. The summed E-state index contributed by atoms with van der Waals surface area (Å²) in [6, 6.07) is 31.7. The summed E-state index contributed by atoms with van der Waals surface area (Å²) in [6.45, 7) is 1.65. The van der Waals surface area contributed by atoms with Gasteiger partial charge in [-0.1, -0.05) is 78.9 Å². The molecule has 0 saturated carbocycles. The molecule has 1 aromatic heterocycles. The molecule has 0 atom stereocenters. The average Bonchev–Trinajstić information content (AvgIpc) is 2.80. The molecule has 0 N–H and O–H groups in total. The van der Waals surface area contributed by atoms with Crippen molar-refractivity contribution in [3.05, 3.63) is 120 Å². The number of pyridine rings is 1. The van der Waals surface area contributed by atoms with Crippen molar-refractivity contribution in [2.45, 2.75) is 12.1 Å². The average molecular weight is 410 g/mol. The van der Waals surface area contributed by atoms with Crippen LogP contribution >= 0.6 is 0 Å². The van der Waals surface area contributed by atoms with E-state index in [1.54, 1.807) is 18.3 Å². The van der Waals surface area contributed by atoms with Crippen LogP contribution in [0.15, 0.2) is 103 Å². The number of nitrogens with zero attached hydrogens (tertiary/aromatic N) is 2. The molecule has 0 bridgehead atoms. The lowest BCUT2D eigenvalue weighted by molar-refractivity contribution is -0.00214. The largest absolute Gasteiger partial charge is 0.472 e. The van der Waals surface area contributed by atoms with Gasteiger partial charge in [0.05, 0.1) is 6.04 Å². The van der Waals surface area contributed by atoms with E-state index in [2.05, 4.69) is 58.4 Å². The maximum atomic E-state index is 14.0. The van der Waals surface area contributed by atoms with Crippen LogP contribution in [0, 0.1) is 5.82 Å². The molecule has 31 heavy (non-hydrogen) atoms. The van der Waals surface area contributed by atoms with E-state index in [1.165, 1.54) is 17.2 Å². The lowest BCUT2D eigenvalue weighted by Crippen LogP contribution is -2.55. The molecule has 0 spiro atoms. The van der Waals surface area contributed by atoms with Crippen molar-refractivity contribution < 1.29 is 9.13 Å². The number of benzene rings is 3. The summed E-state index contributed by atoms with van der Waals surface area (Å²) in [5.41, 5.74) is 3.85. The summed E-state index contributed by atoms with van der Waals surface area (Å²) >= 11 is 0. The van der Waals surface area contributed by atoms with E-state index >= 15 is 0 Å². The van der Waals surface area contributed by atoms with Gasteiger partial charge in [0.2, 0.25) is 5.88 Å². The SMILES string of the molecule is Fc1ccccc1-c1ccc(OC2CN(C(c3ccccc3)c3ccccc3)C2)nc1. The third-order valence-electron chi connectivity index (χ3n) is 5.68. The molecule has 1 saturated heterocycles. The molecular formula is C27H23FN2O. The molecule has 0 unspecified atom stereocenters. The Morgan fingerprint density at radius 1 is 0.774 bits per heavy atom. The lowest BCUT2D eigenvalue weighted by Gasteiger charge is -2.44. The number of rotatable bonds is 6. The second-order valence-corrected chi connectivity index (χ2v) is 7.78. The summed E-state index contributed by atoms with van der Waals surface area (Å²) < 4.78 is 20.1. The van der Waals surface area contributed by atoms with Gasteiger partial charge < -0.3 is 4.74 Å². The predicted molar refractivity (Wildman–Crippen MR) is 120 cm³/mol. The zero-order chi connectivity index (χ0) is 21.0. The Balaban J connectivity index is 1.26. The first-order valence-corrected chi connectivity index (χ1v) is 10.5. The molecule has 0 radical (unpaired) electrons. The first-order chi connectivity index (χ1) is 15.3. The molecule has 1 fully saturated rings. The molecule has 5 rings (SSSR count). The number of aromatic nitrogens is 1. The van der Waals surface area contributed by atoms with Gasteiger partial charge in [-0.25, -0.2) is 9.37 Å². The van der Waals surface area contributed by atoms with E-state index in [0.29, 0.717) is 11.4 Å². The minimum absolute atomic E-state index is 0.0849. The third kappa shape index (κ3) is 4.21. The number of hydrogen-bond donors (Lipinski definition) is 0. The minimum Gasteiger partial charge on any atom is -0.472 e. The highest BCUT2D eigenvalue weighted by Crippen LogP contribution is 2.33. The second kappa shape index (κ2) is 8.70. The van der Waals surface area contributed by atoms with Crippen LogP contribution in [0.2, 0.25) is 0 Å². The molecule has 4 aromatic rings. The maximum Gasteiger partial charge on any atom is 0.213 e. The van der Waals surface area contributed by atoms with Crippen molar-refractivity contribution in [1.29, 1.82) is 0 Å². The molecular weight excluding hydrogens is 387 g/mol. The van der Waals surface area contributed by atoms with Gasteiger partial charge in [0.15, 0.2) is 0 Å². The minimum atomic E-state index is -0.250. The van der Waals surface area contributed by atoms with Crippen LogP contribution in [0.5, 0.6) is 5.88 Å². The molecule has 0 amide bonds. The summed E-state index contributed by atoms with van der Waals surface area (Å²) in [4.78, 5) is 6.82. The number of halogens is 1. The summed E-state index contributed by atoms with van der Waals surface area (Å²) in [6.07, 6.45) is 1.75. The van der Waals surface area contributed by atoms with Crippen molar-refractivity contribution in [2.24, 2.45) is 0 Å². The van der Waals surface area contributed by atoms with E-state index in [0.717, 1.165) is 18.7 Å². The van der Waals surface area contributed by atoms with Crippen LogP contribution in [0.1, 0.15) is 17.2 Å². The Kier molecular flexibility index (Phi) is 5.46. The van der Waals surface area contributed by atoms with Gasteiger partial charge in [0.25, 0.3) is 0 Å². The lowest BCUT2D eigenvalue weighted by atomic mass is 9.94. The quantitative estimate of drug-likeness (QED) is 0.405. The third-order valence-corrected chi connectivity index (χ3v) is 5.68. The highest BCUT2D eigenvalue weighted by molar-refractivity contribution is 5.63. The summed E-state index contributed by atoms with van der Waals surface area (Å²) in [5.74, 6) is 0.321. The molecule has 2 heterocycles. The first kappa shape index (κ1) is 19.5. The van der Waals surface area contributed by atoms with Crippen molar-refractivity contribution in [3.8, 4) is 17.0 Å². The van der Waals surface area contributed by atoms with Crippen molar-refractivity contribution in [1.82, 2.24) is 9.88 Å². The van der Waals surface area contributed by atoms with Crippen LogP contribution in [-0.2, 0) is 0 Å². The highest BCUT2D eigenvalue weighted by Gasteiger charge is 2.35. The number of ether oxygens (including phenoxy) is 1. The molecule has 3 nitrogen and oxygen atoms in total. The van der Waals surface area contributed by atoms with Gasteiger partial charge >= 0.3 is 0 Å². The number of likely N-dealkylation sites (tertiary alicyclic amines) is 1. The molecule has 1 aliphatic heterocycles. The Hall–Kier alpha value is -3.50. The zero-order valence-corrected chi connectivity index (χ0v) is 17.1. The molecule has 0 aliphatic carbocycles. The van der Waals surface area contributed by atoms with Gasteiger partial charge in [0.1, 0.15) is 11.9 Å². The van der Waals surface area contributed by atoms with E-state index < -0.39 is 0 Å². The van der Waals surface area contributed by atoms with E-state index in [9.17, 15) is 4.39 Å². The van der Waals surface area contributed by atoms with Crippen LogP contribution in [0.25, 0.3) is 11.1 Å². The Morgan fingerprint density at radius 2 is 1.39 bits per heavy atom. The van der Waals surface area contributed by atoms with Gasteiger partial charge in [-0.3, -0.25) is 4.90 Å². The van der Waals surface area contributed by atoms with Crippen molar-refractivity contribution >= 4 is 0 Å². The Labute approximate surface area is 181 Å². The maximum absolute atomic E-state index is 14.0. The summed E-state index contributed by atoms with van der Waals surface area (Å²) in [7, 11) is 0.